The van der Waals surface area contributed by atoms with Crippen LogP contribution in [0.15, 0.2) is 12.1 Å². The van der Waals surface area contributed by atoms with E-state index in [2.05, 4.69) is 0 Å². The quantitative estimate of drug-likeness (QED) is 0.785. The van der Waals surface area contributed by atoms with Crippen molar-refractivity contribution < 1.29 is 19.4 Å². The maximum atomic E-state index is 11.9. The number of carbonyl (C=O) groups is 2. The summed E-state index contributed by atoms with van der Waals surface area (Å²) in [5, 5.41) is 8.76. The highest BCUT2D eigenvalue weighted by atomic mass is 32.1. The maximum absolute atomic E-state index is 11.9. The number of amides is 1. The number of hydrogen-bond donors (Lipinski definition) is 1. The van der Waals surface area contributed by atoms with Gasteiger partial charge in [0.05, 0.1) is 11.5 Å². The SMILES string of the molecule is CCOCCN(C)C(=O)c1ccc(C(=O)O)s1. The molecule has 0 radical (unpaired) electrons. The van der Waals surface area contributed by atoms with Crippen LogP contribution in [-0.4, -0.2) is 48.7 Å². The van der Waals surface area contributed by atoms with Gasteiger partial charge in [-0.15, -0.1) is 11.3 Å². The molecule has 0 aromatic carbocycles. The molecule has 1 aromatic heterocycles. The minimum Gasteiger partial charge on any atom is -0.477 e. The zero-order valence-electron chi connectivity index (χ0n) is 9.80. The molecule has 5 nitrogen and oxygen atoms in total. The van der Waals surface area contributed by atoms with Crippen molar-refractivity contribution >= 4 is 23.2 Å². The Morgan fingerprint density at radius 3 is 2.59 bits per heavy atom. The molecule has 1 rings (SSSR count). The van der Waals surface area contributed by atoms with Crippen molar-refractivity contribution in [3.63, 3.8) is 0 Å². The average molecular weight is 257 g/mol. The van der Waals surface area contributed by atoms with E-state index >= 15 is 0 Å². The molecular formula is C11H15NO4S. The van der Waals surface area contributed by atoms with Crippen LogP contribution in [0.4, 0.5) is 0 Å². The summed E-state index contributed by atoms with van der Waals surface area (Å²) in [5.74, 6) is -1.19. The minimum absolute atomic E-state index is 0.173. The summed E-state index contributed by atoms with van der Waals surface area (Å²) in [6.45, 7) is 3.48. The molecular weight excluding hydrogens is 242 g/mol. The van der Waals surface area contributed by atoms with Crippen molar-refractivity contribution in [1.29, 1.82) is 0 Å². The van der Waals surface area contributed by atoms with Gasteiger partial charge in [0, 0.05) is 20.2 Å². The number of likely N-dealkylation sites (N-methyl/N-ethyl adjacent to an activating group) is 1. The Kier molecular flexibility index (Phi) is 5.11. The van der Waals surface area contributed by atoms with E-state index in [-0.39, 0.29) is 10.8 Å². The van der Waals surface area contributed by atoms with E-state index < -0.39 is 5.97 Å². The molecule has 1 aromatic rings. The van der Waals surface area contributed by atoms with E-state index in [1.807, 2.05) is 6.92 Å². The van der Waals surface area contributed by atoms with Crippen molar-refractivity contribution in [3.8, 4) is 0 Å². The van der Waals surface area contributed by atoms with Gasteiger partial charge in [-0.3, -0.25) is 4.79 Å². The minimum atomic E-state index is -1.01. The molecule has 0 unspecified atom stereocenters. The number of carboxylic acids is 1. The molecule has 0 fully saturated rings. The fourth-order valence-corrected chi connectivity index (χ4v) is 2.04. The predicted octanol–water partition coefficient (Wildman–Crippen LogP) is 1.55. The molecule has 0 saturated carbocycles. The fourth-order valence-electron chi connectivity index (χ4n) is 1.20. The number of ether oxygens (including phenoxy) is 1. The molecule has 0 atom stereocenters. The molecule has 1 amide bonds. The van der Waals surface area contributed by atoms with Crippen LogP contribution in [0, 0.1) is 0 Å². The lowest BCUT2D eigenvalue weighted by atomic mass is 10.4. The number of carboxylic acid groups (broad SMARTS) is 1. The van der Waals surface area contributed by atoms with E-state index in [1.165, 1.54) is 17.0 Å². The summed E-state index contributed by atoms with van der Waals surface area (Å²) < 4.78 is 5.15. The van der Waals surface area contributed by atoms with Gasteiger partial charge in [0.15, 0.2) is 0 Å². The van der Waals surface area contributed by atoms with Gasteiger partial charge in [0.2, 0.25) is 0 Å². The van der Waals surface area contributed by atoms with E-state index in [9.17, 15) is 9.59 Å². The van der Waals surface area contributed by atoms with Crippen molar-refractivity contribution in [1.82, 2.24) is 4.90 Å². The second-order valence-corrected chi connectivity index (χ2v) is 4.48. The Labute approximate surface area is 104 Å². The molecule has 1 N–H and O–H groups in total. The lowest BCUT2D eigenvalue weighted by molar-refractivity contribution is 0.0700. The van der Waals surface area contributed by atoms with Crippen LogP contribution in [0.3, 0.4) is 0 Å². The Balaban J connectivity index is 2.58. The average Bonchev–Trinajstić information content (AvgIpc) is 2.77. The summed E-state index contributed by atoms with van der Waals surface area (Å²) in [7, 11) is 1.67. The number of rotatable bonds is 6. The molecule has 0 bridgehead atoms. The lowest BCUT2D eigenvalue weighted by Gasteiger charge is -2.15. The largest absolute Gasteiger partial charge is 0.477 e. The monoisotopic (exact) mass is 257 g/mol. The highest BCUT2D eigenvalue weighted by Crippen LogP contribution is 2.17. The van der Waals surface area contributed by atoms with Crippen LogP contribution in [-0.2, 0) is 4.74 Å². The molecule has 0 aliphatic carbocycles. The summed E-state index contributed by atoms with van der Waals surface area (Å²) in [6.07, 6.45) is 0. The smallest absolute Gasteiger partial charge is 0.345 e. The third-order valence-electron chi connectivity index (χ3n) is 2.15. The fraction of sp³-hybridized carbons (Fsp3) is 0.455. The number of aromatic carboxylic acids is 1. The Morgan fingerprint density at radius 1 is 1.41 bits per heavy atom. The topological polar surface area (TPSA) is 66.8 Å². The molecule has 17 heavy (non-hydrogen) atoms. The summed E-state index contributed by atoms with van der Waals surface area (Å²) >= 11 is 0.985. The molecule has 0 aliphatic rings. The Morgan fingerprint density at radius 2 is 2.06 bits per heavy atom. The van der Waals surface area contributed by atoms with Crippen LogP contribution in [0.25, 0.3) is 0 Å². The summed E-state index contributed by atoms with van der Waals surface area (Å²) in [6, 6.07) is 2.98. The van der Waals surface area contributed by atoms with Gasteiger partial charge < -0.3 is 14.7 Å². The first-order valence-corrected chi connectivity index (χ1v) is 6.04. The van der Waals surface area contributed by atoms with E-state index in [4.69, 9.17) is 9.84 Å². The lowest BCUT2D eigenvalue weighted by Crippen LogP contribution is -2.29. The van der Waals surface area contributed by atoms with Crippen LogP contribution < -0.4 is 0 Å². The molecule has 0 aliphatic heterocycles. The summed E-state index contributed by atoms with van der Waals surface area (Å²) in [5.41, 5.74) is 0. The Hall–Kier alpha value is -1.40. The zero-order chi connectivity index (χ0) is 12.8. The van der Waals surface area contributed by atoms with Gasteiger partial charge in [-0.25, -0.2) is 4.79 Å². The third kappa shape index (κ3) is 3.83. The van der Waals surface area contributed by atoms with Crippen LogP contribution >= 0.6 is 11.3 Å². The maximum Gasteiger partial charge on any atom is 0.345 e. The zero-order valence-corrected chi connectivity index (χ0v) is 10.6. The number of hydrogen-bond acceptors (Lipinski definition) is 4. The standard InChI is InChI=1S/C11H15NO4S/c1-3-16-7-6-12(2)10(13)8-4-5-9(17-8)11(14)15/h4-5H,3,6-7H2,1-2H3,(H,14,15). The van der Waals surface area contributed by atoms with Gasteiger partial charge >= 0.3 is 5.97 Å². The highest BCUT2D eigenvalue weighted by Gasteiger charge is 2.16. The first kappa shape index (κ1) is 13.7. The third-order valence-corrected chi connectivity index (χ3v) is 3.21. The number of thiophene rings is 1. The van der Waals surface area contributed by atoms with Crippen molar-refractivity contribution in [2.24, 2.45) is 0 Å². The van der Waals surface area contributed by atoms with E-state index in [0.29, 0.717) is 24.6 Å². The number of nitrogens with zero attached hydrogens (tertiary/aromatic N) is 1. The van der Waals surface area contributed by atoms with Crippen molar-refractivity contribution in [3.05, 3.63) is 21.9 Å². The van der Waals surface area contributed by atoms with E-state index in [1.54, 1.807) is 7.05 Å². The molecule has 1 heterocycles. The van der Waals surface area contributed by atoms with E-state index in [0.717, 1.165) is 11.3 Å². The first-order valence-electron chi connectivity index (χ1n) is 5.22. The first-order chi connectivity index (χ1) is 8.06. The molecule has 0 spiro atoms. The molecule has 6 heteroatoms. The van der Waals surface area contributed by atoms with Crippen LogP contribution in [0.5, 0.6) is 0 Å². The van der Waals surface area contributed by atoms with Crippen molar-refractivity contribution in [2.75, 3.05) is 26.8 Å². The van der Waals surface area contributed by atoms with Gasteiger partial charge in [0.1, 0.15) is 4.88 Å². The summed E-state index contributed by atoms with van der Waals surface area (Å²) in [4.78, 5) is 24.7. The van der Waals surface area contributed by atoms with Crippen LogP contribution in [0.2, 0.25) is 0 Å². The van der Waals surface area contributed by atoms with Gasteiger partial charge in [0.25, 0.3) is 5.91 Å². The van der Waals surface area contributed by atoms with Crippen LogP contribution in [0.1, 0.15) is 26.3 Å². The van der Waals surface area contributed by atoms with Gasteiger partial charge in [-0.05, 0) is 19.1 Å². The predicted molar refractivity (Wildman–Crippen MR) is 64.7 cm³/mol. The van der Waals surface area contributed by atoms with Gasteiger partial charge in [-0.1, -0.05) is 0 Å². The highest BCUT2D eigenvalue weighted by molar-refractivity contribution is 7.15. The van der Waals surface area contributed by atoms with Gasteiger partial charge in [-0.2, -0.15) is 0 Å². The second-order valence-electron chi connectivity index (χ2n) is 3.39. The normalized spacial score (nSPS) is 10.2. The van der Waals surface area contributed by atoms with Crippen molar-refractivity contribution in [2.45, 2.75) is 6.92 Å². The Bertz CT molecular complexity index is 402. The number of carbonyl (C=O) groups excluding carboxylic acids is 1. The molecule has 94 valence electrons. The molecule has 0 saturated heterocycles. The second kappa shape index (κ2) is 6.36.